The molecule has 0 heterocycles. The monoisotopic (exact) mass is 914 g/mol. The zero-order chi connectivity index (χ0) is 49.1. The third-order valence-electron chi connectivity index (χ3n) is 14.5. The second-order valence-electron chi connectivity index (χ2n) is 20.8. The predicted molar refractivity (Wildman–Crippen MR) is 295 cm³/mol. The van der Waals surface area contributed by atoms with Gasteiger partial charge in [0.25, 0.3) is 0 Å². The maximum absolute atomic E-state index is 9.85. The standard InChI is InChI=1S/C67H54N4/c1-65(2,3)47-25-33-53(34-26-47)70(51-29-21-45(43-68)22-30-51)55-37-39-59-61(41-55)57-19-13-14-20-58(57)63-60-40-38-56(42-62(60)67(64(59)63,49-15-9-7-10-16-49)50-17-11-8-12-18-50)71(52-31-23-46(44-69)24-32-52)54-35-27-48(28-36-54)66(4,5)6/h7-42H,1-6H3. The number of fused-ring (bicyclic) bond motifs is 8. The highest BCUT2D eigenvalue weighted by atomic mass is 15.1. The molecule has 0 fully saturated rings. The van der Waals surface area contributed by atoms with E-state index < -0.39 is 5.41 Å². The quantitative estimate of drug-likeness (QED) is 0.143. The molecule has 0 N–H and O–H groups in total. The van der Waals surface area contributed by atoms with Gasteiger partial charge in [0.1, 0.15) is 0 Å². The maximum Gasteiger partial charge on any atom is 0.0991 e. The topological polar surface area (TPSA) is 54.1 Å². The zero-order valence-corrected chi connectivity index (χ0v) is 41.1. The van der Waals surface area contributed by atoms with Gasteiger partial charge in [0.2, 0.25) is 0 Å². The van der Waals surface area contributed by atoms with Gasteiger partial charge in [-0.25, -0.2) is 0 Å². The van der Waals surface area contributed by atoms with Crippen molar-refractivity contribution in [1.29, 1.82) is 10.5 Å². The summed E-state index contributed by atoms with van der Waals surface area (Å²) in [4.78, 5) is 4.63. The van der Waals surface area contributed by atoms with E-state index in [1.54, 1.807) is 0 Å². The summed E-state index contributed by atoms with van der Waals surface area (Å²) in [5, 5.41) is 24.3. The molecule has 0 radical (unpaired) electrons. The largest absolute Gasteiger partial charge is 0.310 e. The molecule has 0 saturated carbocycles. The highest BCUT2D eigenvalue weighted by Gasteiger charge is 2.48. The average molecular weight is 915 g/mol. The number of benzene rings is 10. The van der Waals surface area contributed by atoms with Crippen LogP contribution in [0.2, 0.25) is 0 Å². The summed E-state index contributed by atoms with van der Waals surface area (Å²) in [7, 11) is 0. The van der Waals surface area contributed by atoms with Crippen LogP contribution in [0, 0.1) is 22.7 Å². The SMILES string of the molecule is CC(C)(C)c1ccc(N(c2ccc(C#N)cc2)c2ccc3c(c2)C(c2ccccc2)(c2ccccc2)c2c-3c3ccccc3c3cc(N(c4ccc(C#N)cc4)c4ccc(C(C)(C)C)cc4)ccc23)cc1. The molecule has 0 atom stereocenters. The van der Waals surface area contributed by atoms with Crippen LogP contribution in [0.1, 0.15) is 86.1 Å². The molecule has 0 amide bonds. The Bertz CT molecular complexity index is 3660. The first-order valence-corrected chi connectivity index (χ1v) is 24.4. The summed E-state index contributed by atoms with van der Waals surface area (Å²) < 4.78 is 0. The molecule has 10 aromatic rings. The molecule has 4 nitrogen and oxygen atoms in total. The fourth-order valence-corrected chi connectivity index (χ4v) is 10.9. The van der Waals surface area contributed by atoms with Gasteiger partial charge < -0.3 is 9.80 Å². The summed E-state index contributed by atoms with van der Waals surface area (Å²) in [5.41, 5.74) is 16.3. The van der Waals surface area contributed by atoms with Crippen molar-refractivity contribution < 1.29 is 0 Å². The van der Waals surface area contributed by atoms with Crippen molar-refractivity contribution >= 4 is 55.7 Å². The summed E-state index contributed by atoms with van der Waals surface area (Å²) in [6.07, 6.45) is 0. The molecule has 0 aromatic heterocycles. The molecule has 0 saturated heterocycles. The Kier molecular flexibility index (Phi) is 11.0. The van der Waals surface area contributed by atoms with Gasteiger partial charge in [-0.1, -0.05) is 163 Å². The molecule has 11 rings (SSSR count). The molecule has 1 aliphatic rings. The Morgan fingerprint density at radius 1 is 0.366 bits per heavy atom. The Hall–Kier alpha value is -8.70. The normalized spacial score (nSPS) is 12.7. The highest BCUT2D eigenvalue weighted by molar-refractivity contribution is 6.20. The minimum atomic E-state index is -0.741. The van der Waals surface area contributed by atoms with E-state index in [4.69, 9.17) is 0 Å². The lowest BCUT2D eigenvalue weighted by Crippen LogP contribution is -2.29. The van der Waals surface area contributed by atoms with E-state index in [1.165, 1.54) is 60.7 Å². The Morgan fingerprint density at radius 3 is 1.21 bits per heavy atom. The molecule has 71 heavy (non-hydrogen) atoms. The molecule has 0 spiro atoms. The van der Waals surface area contributed by atoms with E-state index >= 15 is 0 Å². The van der Waals surface area contributed by atoms with E-state index in [-0.39, 0.29) is 10.8 Å². The molecule has 10 aromatic carbocycles. The Labute approximate surface area is 418 Å². The summed E-state index contributed by atoms with van der Waals surface area (Å²) in [6.45, 7) is 13.5. The van der Waals surface area contributed by atoms with E-state index in [9.17, 15) is 10.5 Å². The predicted octanol–water partition coefficient (Wildman–Crippen LogP) is 17.6. The minimum absolute atomic E-state index is 0.00200. The number of nitrogens with zero attached hydrogens (tertiary/aromatic N) is 4. The van der Waals surface area contributed by atoms with Crippen molar-refractivity contribution in [2.24, 2.45) is 0 Å². The fraction of sp³-hybridized carbons (Fsp3) is 0.134. The third-order valence-corrected chi connectivity index (χ3v) is 14.5. The van der Waals surface area contributed by atoms with Gasteiger partial charge in [-0.15, -0.1) is 0 Å². The van der Waals surface area contributed by atoms with Crippen LogP contribution in [-0.4, -0.2) is 0 Å². The molecular formula is C67H54N4. The first-order valence-electron chi connectivity index (χ1n) is 24.4. The van der Waals surface area contributed by atoms with Gasteiger partial charge in [-0.05, 0) is 174 Å². The van der Waals surface area contributed by atoms with E-state index in [0.29, 0.717) is 11.1 Å². The minimum Gasteiger partial charge on any atom is -0.310 e. The molecule has 0 unspecified atom stereocenters. The first kappa shape index (κ1) is 44.8. The molecule has 4 heteroatoms. The molecule has 0 aliphatic heterocycles. The van der Waals surface area contributed by atoms with Crippen molar-refractivity contribution in [1.82, 2.24) is 0 Å². The van der Waals surface area contributed by atoms with Gasteiger partial charge in [0.05, 0.1) is 28.7 Å². The summed E-state index contributed by atoms with van der Waals surface area (Å²) >= 11 is 0. The van der Waals surface area contributed by atoms with E-state index in [1.807, 2.05) is 36.4 Å². The smallest absolute Gasteiger partial charge is 0.0991 e. The molecular weight excluding hydrogens is 861 g/mol. The van der Waals surface area contributed by atoms with Gasteiger partial charge >= 0.3 is 0 Å². The Morgan fingerprint density at radius 2 is 0.761 bits per heavy atom. The number of anilines is 6. The summed E-state index contributed by atoms with van der Waals surface area (Å²) in [6, 6.07) is 83.3. The van der Waals surface area contributed by atoms with Gasteiger partial charge in [0, 0.05) is 34.1 Å². The molecule has 1 aliphatic carbocycles. The van der Waals surface area contributed by atoms with Crippen LogP contribution in [0.4, 0.5) is 34.1 Å². The molecule has 0 bridgehead atoms. The van der Waals surface area contributed by atoms with Gasteiger partial charge in [-0.2, -0.15) is 10.5 Å². The van der Waals surface area contributed by atoms with Crippen LogP contribution in [0.25, 0.3) is 32.7 Å². The van der Waals surface area contributed by atoms with Gasteiger partial charge in [0.15, 0.2) is 0 Å². The third kappa shape index (κ3) is 7.61. The van der Waals surface area contributed by atoms with Crippen LogP contribution in [-0.2, 0) is 16.2 Å². The van der Waals surface area contributed by atoms with Crippen molar-refractivity contribution in [2.75, 3.05) is 9.80 Å². The highest BCUT2D eigenvalue weighted by Crippen LogP contribution is 2.61. The van der Waals surface area contributed by atoms with Crippen LogP contribution in [0.15, 0.2) is 218 Å². The van der Waals surface area contributed by atoms with Crippen molar-refractivity contribution in [3.8, 4) is 23.3 Å². The summed E-state index contributed by atoms with van der Waals surface area (Å²) in [5.74, 6) is 0. The van der Waals surface area contributed by atoms with Crippen LogP contribution >= 0.6 is 0 Å². The van der Waals surface area contributed by atoms with Crippen molar-refractivity contribution in [2.45, 2.75) is 57.8 Å². The maximum atomic E-state index is 9.85. The fourth-order valence-electron chi connectivity index (χ4n) is 10.9. The Balaban J connectivity index is 1.21. The average Bonchev–Trinajstić information content (AvgIpc) is 3.71. The second kappa shape index (κ2) is 17.4. The number of hydrogen-bond donors (Lipinski definition) is 0. The van der Waals surface area contributed by atoms with Crippen LogP contribution in [0.5, 0.6) is 0 Å². The number of hydrogen-bond acceptors (Lipinski definition) is 4. The van der Waals surface area contributed by atoms with Crippen LogP contribution in [0.3, 0.4) is 0 Å². The number of nitriles is 2. The van der Waals surface area contributed by atoms with Crippen molar-refractivity contribution in [3.63, 3.8) is 0 Å². The first-order chi connectivity index (χ1) is 34.4. The van der Waals surface area contributed by atoms with Gasteiger partial charge in [-0.3, -0.25) is 0 Å². The zero-order valence-electron chi connectivity index (χ0n) is 41.1. The molecule has 342 valence electrons. The lowest BCUT2D eigenvalue weighted by molar-refractivity contribution is 0.590. The second-order valence-corrected chi connectivity index (χ2v) is 20.8. The number of rotatable bonds is 8. The van der Waals surface area contributed by atoms with E-state index in [2.05, 4.69) is 245 Å². The van der Waals surface area contributed by atoms with Crippen LogP contribution < -0.4 is 9.80 Å². The lowest BCUT2D eigenvalue weighted by Gasteiger charge is -2.36. The lowest BCUT2D eigenvalue weighted by atomic mass is 9.66. The van der Waals surface area contributed by atoms with E-state index in [0.717, 1.165) is 39.5 Å². The van der Waals surface area contributed by atoms with Crippen molar-refractivity contribution in [3.05, 3.63) is 263 Å².